The van der Waals surface area contributed by atoms with Crippen molar-refractivity contribution in [1.29, 1.82) is 0 Å². The van der Waals surface area contributed by atoms with Crippen LogP contribution in [0, 0.1) is 0 Å². The predicted molar refractivity (Wildman–Crippen MR) is 72.8 cm³/mol. The van der Waals surface area contributed by atoms with Crippen LogP contribution in [0.5, 0.6) is 0 Å². The number of aryl methyl sites for hydroxylation is 1. The van der Waals surface area contributed by atoms with Gasteiger partial charge in [0.15, 0.2) is 0 Å². The van der Waals surface area contributed by atoms with Gasteiger partial charge < -0.3 is 15.2 Å². The Morgan fingerprint density at radius 1 is 1.47 bits per heavy atom. The van der Waals surface area contributed by atoms with E-state index in [9.17, 15) is 4.79 Å². The Bertz CT molecular complexity index is 477. The Hall–Kier alpha value is -1.55. The Morgan fingerprint density at radius 2 is 2.21 bits per heavy atom. The summed E-state index contributed by atoms with van der Waals surface area (Å²) in [6.45, 7) is 5.60. The molecule has 0 heterocycles. The molecule has 0 aromatic heterocycles. The molecule has 0 fully saturated rings. The van der Waals surface area contributed by atoms with E-state index in [2.05, 4.69) is 5.32 Å². The Balaban J connectivity index is 2.04. The van der Waals surface area contributed by atoms with E-state index < -0.39 is 5.60 Å². The minimum absolute atomic E-state index is 0.0117. The van der Waals surface area contributed by atoms with Gasteiger partial charge in [-0.1, -0.05) is 18.2 Å². The van der Waals surface area contributed by atoms with Gasteiger partial charge in [-0.3, -0.25) is 0 Å². The molecule has 0 bridgehead atoms. The molecule has 1 aromatic rings. The summed E-state index contributed by atoms with van der Waals surface area (Å²) in [5.41, 5.74) is 2.76. The topological polar surface area (TPSA) is 58.6 Å². The van der Waals surface area contributed by atoms with Crippen LogP contribution in [-0.4, -0.2) is 16.8 Å². The van der Waals surface area contributed by atoms with Crippen LogP contribution in [0.2, 0.25) is 0 Å². The lowest BCUT2D eigenvalue weighted by Gasteiger charge is -2.22. The lowest BCUT2D eigenvalue weighted by molar-refractivity contribution is 0.0503. The number of nitrogens with one attached hydrogen (secondary N) is 1. The third-order valence-electron chi connectivity index (χ3n) is 3.16. The van der Waals surface area contributed by atoms with Gasteiger partial charge in [-0.25, -0.2) is 4.79 Å². The Morgan fingerprint density at radius 3 is 2.84 bits per heavy atom. The zero-order valence-corrected chi connectivity index (χ0v) is 11.7. The molecule has 2 N–H and O–H groups in total. The highest BCUT2D eigenvalue weighted by molar-refractivity contribution is 5.68. The molecule has 0 aliphatic heterocycles. The normalized spacial score (nSPS) is 18.0. The van der Waals surface area contributed by atoms with Crippen molar-refractivity contribution in [2.45, 2.75) is 51.9 Å². The number of hydrogen-bond acceptors (Lipinski definition) is 3. The standard InChI is InChI=1S/C15H21NO3/c1-15(2,3)19-14(18)16-13-7-5-11-8-10(9-17)4-6-12(11)13/h4,6,8,13,17H,5,7,9H2,1-3H3,(H,16,18)/t13-/m0/s1. The van der Waals surface area contributed by atoms with Crippen molar-refractivity contribution >= 4 is 6.09 Å². The summed E-state index contributed by atoms with van der Waals surface area (Å²) in [6.07, 6.45) is 1.42. The van der Waals surface area contributed by atoms with E-state index in [1.54, 1.807) is 0 Å². The molecule has 1 atom stereocenters. The van der Waals surface area contributed by atoms with Gasteiger partial charge in [-0.05, 0) is 50.3 Å². The van der Waals surface area contributed by atoms with Crippen molar-refractivity contribution in [1.82, 2.24) is 5.32 Å². The minimum atomic E-state index is -0.480. The quantitative estimate of drug-likeness (QED) is 0.862. The van der Waals surface area contributed by atoms with E-state index in [0.29, 0.717) is 0 Å². The van der Waals surface area contributed by atoms with Crippen LogP contribution < -0.4 is 5.32 Å². The largest absolute Gasteiger partial charge is 0.444 e. The molecule has 4 nitrogen and oxygen atoms in total. The average Bonchev–Trinajstić information content (AvgIpc) is 2.69. The maximum atomic E-state index is 11.8. The van der Waals surface area contributed by atoms with Crippen molar-refractivity contribution in [3.05, 3.63) is 34.9 Å². The van der Waals surface area contributed by atoms with E-state index in [-0.39, 0.29) is 18.7 Å². The first-order valence-corrected chi connectivity index (χ1v) is 6.61. The zero-order chi connectivity index (χ0) is 14.0. The van der Waals surface area contributed by atoms with Gasteiger partial charge in [0.25, 0.3) is 0 Å². The molecule has 0 spiro atoms. The van der Waals surface area contributed by atoms with Crippen molar-refractivity contribution in [3.8, 4) is 0 Å². The molecule has 4 heteroatoms. The number of carbonyl (C=O) groups is 1. The summed E-state index contributed by atoms with van der Waals surface area (Å²) in [4.78, 5) is 11.8. The van der Waals surface area contributed by atoms with Crippen LogP contribution in [0.25, 0.3) is 0 Å². The third kappa shape index (κ3) is 3.47. The van der Waals surface area contributed by atoms with Crippen molar-refractivity contribution in [2.75, 3.05) is 0 Å². The van der Waals surface area contributed by atoms with Gasteiger partial charge in [0, 0.05) is 0 Å². The monoisotopic (exact) mass is 263 g/mol. The molecule has 1 aromatic carbocycles. The Labute approximate surface area is 113 Å². The van der Waals surface area contributed by atoms with Crippen LogP contribution in [0.3, 0.4) is 0 Å². The van der Waals surface area contributed by atoms with Gasteiger partial charge >= 0.3 is 6.09 Å². The van der Waals surface area contributed by atoms with Crippen LogP contribution in [0.4, 0.5) is 4.79 Å². The number of rotatable bonds is 2. The fourth-order valence-electron chi connectivity index (χ4n) is 2.37. The number of carbonyl (C=O) groups excluding carboxylic acids is 1. The third-order valence-corrected chi connectivity index (χ3v) is 3.16. The minimum Gasteiger partial charge on any atom is -0.444 e. The van der Waals surface area contributed by atoms with Crippen LogP contribution in [0.1, 0.15) is 49.9 Å². The molecule has 1 amide bonds. The Kier molecular flexibility index (Phi) is 3.80. The first-order valence-electron chi connectivity index (χ1n) is 6.61. The maximum Gasteiger partial charge on any atom is 0.408 e. The predicted octanol–water partition coefficient (Wildman–Crippen LogP) is 2.69. The number of aliphatic hydroxyl groups excluding tert-OH is 1. The lowest BCUT2D eigenvalue weighted by Crippen LogP contribution is -2.34. The molecule has 1 aliphatic rings. The highest BCUT2D eigenvalue weighted by atomic mass is 16.6. The van der Waals surface area contributed by atoms with Crippen LogP contribution in [-0.2, 0) is 17.8 Å². The van der Waals surface area contributed by atoms with Gasteiger partial charge in [0.1, 0.15) is 5.60 Å². The molecule has 1 aliphatic carbocycles. The first-order chi connectivity index (χ1) is 8.89. The van der Waals surface area contributed by atoms with E-state index >= 15 is 0 Å². The van der Waals surface area contributed by atoms with Gasteiger partial charge in [-0.15, -0.1) is 0 Å². The number of amides is 1. The van der Waals surface area contributed by atoms with Gasteiger partial charge in [0.05, 0.1) is 12.6 Å². The van der Waals surface area contributed by atoms with Gasteiger partial charge in [-0.2, -0.15) is 0 Å². The second-order valence-corrected chi connectivity index (χ2v) is 5.93. The molecule has 0 saturated carbocycles. The highest BCUT2D eigenvalue weighted by Crippen LogP contribution is 2.32. The molecule has 19 heavy (non-hydrogen) atoms. The summed E-state index contributed by atoms with van der Waals surface area (Å²) < 4.78 is 5.27. The van der Waals surface area contributed by atoms with Crippen molar-refractivity contribution in [2.24, 2.45) is 0 Å². The molecular weight excluding hydrogens is 242 g/mol. The van der Waals surface area contributed by atoms with Crippen molar-refractivity contribution < 1.29 is 14.6 Å². The van der Waals surface area contributed by atoms with E-state index in [0.717, 1.165) is 24.0 Å². The van der Waals surface area contributed by atoms with Crippen LogP contribution >= 0.6 is 0 Å². The molecule has 0 saturated heterocycles. The number of benzene rings is 1. The molecule has 0 unspecified atom stereocenters. The summed E-state index contributed by atoms with van der Waals surface area (Å²) >= 11 is 0. The SMILES string of the molecule is CC(C)(C)OC(=O)N[C@H]1CCc2cc(CO)ccc21. The fraction of sp³-hybridized carbons (Fsp3) is 0.533. The maximum absolute atomic E-state index is 11.8. The number of ether oxygens (including phenoxy) is 1. The molecule has 0 radical (unpaired) electrons. The van der Waals surface area contributed by atoms with E-state index in [1.165, 1.54) is 5.56 Å². The molecule has 104 valence electrons. The second-order valence-electron chi connectivity index (χ2n) is 5.93. The summed E-state index contributed by atoms with van der Waals surface area (Å²) in [6, 6.07) is 5.90. The van der Waals surface area contributed by atoms with Gasteiger partial charge in [0.2, 0.25) is 0 Å². The number of hydrogen-bond donors (Lipinski definition) is 2. The highest BCUT2D eigenvalue weighted by Gasteiger charge is 2.26. The summed E-state index contributed by atoms with van der Waals surface area (Å²) in [5, 5.41) is 12.0. The number of aliphatic hydroxyl groups is 1. The van der Waals surface area contributed by atoms with E-state index in [1.807, 2.05) is 39.0 Å². The van der Waals surface area contributed by atoms with E-state index in [4.69, 9.17) is 9.84 Å². The molecular formula is C15H21NO3. The zero-order valence-electron chi connectivity index (χ0n) is 11.7. The average molecular weight is 263 g/mol. The fourth-order valence-corrected chi connectivity index (χ4v) is 2.37. The van der Waals surface area contributed by atoms with Crippen molar-refractivity contribution in [3.63, 3.8) is 0 Å². The van der Waals surface area contributed by atoms with Crippen LogP contribution in [0.15, 0.2) is 18.2 Å². The lowest BCUT2D eigenvalue weighted by atomic mass is 10.1. The summed E-state index contributed by atoms with van der Waals surface area (Å²) in [7, 11) is 0. The number of alkyl carbamates (subject to hydrolysis) is 1. The smallest absolute Gasteiger partial charge is 0.408 e. The first kappa shape index (κ1) is 13.9. The molecule has 2 rings (SSSR count). The summed E-state index contributed by atoms with van der Waals surface area (Å²) in [5.74, 6) is 0. The second kappa shape index (κ2) is 5.21. The number of fused-ring (bicyclic) bond motifs is 1.